The van der Waals surface area contributed by atoms with Gasteiger partial charge in [0.05, 0.1) is 0 Å². The molecule has 0 bridgehead atoms. The van der Waals surface area contributed by atoms with Crippen LogP contribution in [0.25, 0.3) is 11.4 Å². The number of urea groups is 1. The summed E-state index contributed by atoms with van der Waals surface area (Å²) in [6.45, 7) is 3.21. The number of hydrogen-bond donors (Lipinski definition) is 1. The van der Waals surface area contributed by atoms with Crippen molar-refractivity contribution in [3.05, 3.63) is 35.7 Å². The summed E-state index contributed by atoms with van der Waals surface area (Å²) in [6, 6.07) is 7.04. The molecule has 3 amide bonds. The van der Waals surface area contributed by atoms with Crippen LogP contribution in [0.3, 0.4) is 0 Å². The molecule has 9 heteroatoms. The van der Waals surface area contributed by atoms with Gasteiger partial charge in [0.2, 0.25) is 5.82 Å². The first kappa shape index (κ1) is 20.1. The molecule has 1 aromatic carbocycles. The van der Waals surface area contributed by atoms with Gasteiger partial charge in [-0.1, -0.05) is 49.2 Å². The molecule has 1 spiro atoms. The topological polar surface area (TPSA) is 115 Å². The van der Waals surface area contributed by atoms with Gasteiger partial charge in [-0.3, -0.25) is 14.5 Å². The highest BCUT2D eigenvalue weighted by Gasteiger charge is 2.55. The van der Waals surface area contributed by atoms with Crippen LogP contribution in [0.1, 0.15) is 44.1 Å². The lowest BCUT2D eigenvalue weighted by Crippen LogP contribution is -2.54. The summed E-state index contributed by atoms with van der Waals surface area (Å²) >= 11 is 0. The number of rotatable bonds is 5. The van der Waals surface area contributed by atoms with Crippen molar-refractivity contribution in [3.8, 4) is 11.4 Å². The summed E-state index contributed by atoms with van der Waals surface area (Å²) in [7, 11) is 0. The number of aryl methyl sites for hydroxylation is 1. The molecular weight excluding hydrogens is 388 g/mol. The molecule has 1 saturated carbocycles. The molecule has 158 valence electrons. The molecule has 4 rings (SSSR count). The van der Waals surface area contributed by atoms with Crippen molar-refractivity contribution in [1.82, 2.24) is 20.4 Å². The standard InChI is InChI=1S/C21H24N4O5/c1-13-7-3-4-9-15(13)18-22-16(30-24-18)12-29-17(26)11-25-19(27)21(23-20(25)28)10-6-5-8-14(21)2/h3-4,7,9,14H,5-6,8,10-12H2,1-2H3,(H,23,28)/t14-,21-/m0/s1. The molecule has 1 aliphatic carbocycles. The minimum atomic E-state index is -0.898. The molecule has 9 nitrogen and oxygen atoms in total. The Labute approximate surface area is 173 Å². The highest BCUT2D eigenvalue weighted by atomic mass is 16.6. The van der Waals surface area contributed by atoms with Gasteiger partial charge in [-0.2, -0.15) is 4.98 Å². The van der Waals surface area contributed by atoms with Crippen molar-refractivity contribution in [2.75, 3.05) is 6.54 Å². The Morgan fingerprint density at radius 3 is 2.90 bits per heavy atom. The van der Waals surface area contributed by atoms with Crippen molar-refractivity contribution >= 4 is 17.9 Å². The number of hydrogen-bond acceptors (Lipinski definition) is 7. The quantitative estimate of drug-likeness (QED) is 0.593. The lowest BCUT2D eigenvalue weighted by Gasteiger charge is -2.36. The molecule has 0 radical (unpaired) electrons. The fourth-order valence-electron chi connectivity index (χ4n) is 4.20. The van der Waals surface area contributed by atoms with Gasteiger partial charge in [0.25, 0.3) is 11.8 Å². The van der Waals surface area contributed by atoms with Crippen LogP contribution in [0.4, 0.5) is 4.79 Å². The molecule has 2 aromatic rings. The van der Waals surface area contributed by atoms with E-state index in [1.165, 1.54) is 0 Å². The highest BCUT2D eigenvalue weighted by molar-refractivity contribution is 6.08. The minimum absolute atomic E-state index is 0.0296. The van der Waals surface area contributed by atoms with E-state index in [1.807, 2.05) is 38.1 Å². The van der Waals surface area contributed by atoms with Crippen LogP contribution in [0.15, 0.2) is 28.8 Å². The number of benzene rings is 1. The largest absolute Gasteiger partial charge is 0.454 e. The van der Waals surface area contributed by atoms with Gasteiger partial charge in [-0.25, -0.2) is 4.79 Å². The summed E-state index contributed by atoms with van der Waals surface area (Å²) in [5, 5.41) is 6.73. The van der Waals surface area contributed by atoms with Gasteiger partial charge < -0.3 is 14.6 Å². The van der Waals surface area contributed by atoms with Crippen LogP contribution < -0.4 is 5.32 Å². The van der Waals surface area contributed by atoms with Crippen molar-refractivity contribution in [3.63, 3.8) is 0 Å². The lowest BCUT2D eigenvalue weighted by molar-refractivity contribution is -0.150. The average molecular weight is 412 g/mol. The molecule has 2 atom stereocenters. The van der Waals surface area contributed by atoms with E-state index >= 15 is 0 Å². The van der Waals surface area contributed by atoms with Crippen LogP contribution in [0.2, 0.25) is 0 Å². The Morgan fingerprint density at radius 1 is 1.33 bits per heavy atom. The van der Waals surface area contributed by atoms with E-state index in [-0.39, 0.29) is 24.3 Å². The van der Waals surface area contributed by atoms with E-state index in [9.17, 15) is 14.4 Å². The second kappa shape index (κ2) is 7.89. The third kappa shape index (κ3) is 3.55. The van der Waals surface area contributed by atoms with E-state index in [0.717, 1.165) is 35.3 Å². The Bertz CT molecular complexity index is 987. The molecule has 2 fully saturated rings. The number of ether oxygens (including phenoxy) is 1. The van der Waals surface area contributed by atoms with Crippen LogP contribution in [-0.2, 0) is 20.9 Å². The first-order valence-corrected chi connectivity index (χ1v) is 10.1. The molecule has 0 unspecified atom stereocenters. The molecular formula is C21H24N4O5. The number of aromatic nitrogens is 2. The third-order valence-electron chi connectivity index (χ3n) is 6.00. The fraction of sp³-hybridized carbons (Fsp3) is 0.476. The molecule has 1 aromatic heterocycles. The van der Waals surface area contributed by atoms with Gasteiger partial charge in [0.15, 0.2) is 6.61 Å². The monoisotopic (exact) mass is 412 g/mol. The van der Waals surface area contributed by atoms with Crippen molar-refractivity contribution in [2.45, 2.75) is 51.7 Å². The predicted molar refractivity (Wildman–Crippen MR) is 105 cm³/mol. The second-order valence-corrected chi connectivity index (χ2v) is 7.93. The Morgan fingerprint density at radius 2 is 2.13 bits per heavy atom. The Kier molecular flexibility index (Phi) is 5.27. The number of imide groups is 1. The summed E-state index contributed by atoms with van der Waals surface area (Å²) in [5.74, 6) is -0.495. The highest BCUT2D eigenvalue weighted by Crippen LogP contribution is 2.38. The number of esters is 1. The number of nitrogens with one attached hydrogen (secondary N) is 1. The first-order valence-electron chi connectivity index (χ1n) is 10.1. The number of amides is 3. The molecule has 2 heterocycles. The van der Waals surface area contributed by atoms with Crippen molar-refractivity contribution < 1.29 is 23.6 Å². The van der Waals surface area contributed by atoms with Gasteiger partial charge in [0.1, 0.15) is 12.1 Å². The molecule has 1 aliphatic heterocycles. The van der Waals surface area contributed by atoms with Crippen molar-refractivity contribution in [1.29, 1.82) is 0 Å². The predicted octanol–water partition coefficient (Wildman–Crippen LogP) is 2.59. The number of carbonyl (C=O) groups is 3. The van der Waals surface area contributed by atoms with Crippen LogP contribution >= 0.6 is 0 Å². The van der Waals surface area contributed by atoms with Gasteiger partial charge in [-0.15, -0.1) is 0 Å². The summed E-state index contributed by atoms with van der Waals surface area (Å²) in [4.78, 5) is 42.7. The third-order valence-corrected chi connectivity index (χ3v) is 6.00. The maximum absolute atomic E-state index is 12.9. The van der Waals surface area contributed by atoms with E-state index in [0.29, 0.717) is 12.2 Å². The van der Waals surface area contributed by atoms with Gasteiger partial charge in [0, 0.05) is 5.56 Å². The summed E-state index contributed by atoms with van der Waals surface area (Å²) < 4.78 is 10.3. The first-order chi connectivity index (χ1) is 14.4. The Balaban J connectivity index is 1.36. The number of nitrogens with zero attached hydrogens (tertiary/aromatic N) is 3. The Hall–Kier alpha value is -3.23. The smallest absolute Gasteiger partial charge is 0.326 e. The summed E-state index contributed by atoms with van der Waals surface area (Å²) in [5.41, 5.74) is 0.918. The zero-order valence-electron chi connectivity index (χ0n) is 17.0. The second-order valence-electron chi connectivity index (χ2n) is 7.93. The maximum Gasteiger partial charge on any atom is 0.326 e. The molecule has 1 N–H and O–H groups in total. The average Bonchev–Trinajstić information content (AvgIpc) is 3.28. The molecule has 30 heavy (non-hydrogen) atoms. The van der Waals surface area contributed by atoms with E-state index < -0.39 is 24.1 Å². The maximum atomic E-state index is 12.9. The van der Waals surface area contributed by atoms with Crippen LogP contribution in [0, 0.1) is 12.8 Å². The SMILES string of the molecule is Cc1ccccc1-c1noc(COC(=O)CN2C(=O)N[C@]3(CCCC[C@@H]3C)C2=O)n1. The van der Waals surface area contributed by atoms with Crippen LogP contribution in [0.5, 0.6) is 0 Å². The lowest BCUT2D eigenvalue weighted by atomic mass is 9.73. The van der Waals surface area contributed by atoms with E-state index in [1.54, 1.807) is 0 Å². The van der Waals surface area contributed by atoms with Gasteiger partial charge in [-0.05, 0) is 31.2 Å². The van der Waals surface area contributed by atoms with E-state index in [2.05, 4.69) is 15.5 Å². The normalized spacial score (nSPS) is 23.7. The van der Waals surface area contributed by atoms with Gasteiger partial charge >= 0.3 is 12.0 Å². The zero-order valence-corrected chi connectivity index (χ0v) is 17.0. The van der Waals surface area contributed by atoms with E-state index in [4.69, 9.17) is 9.26 Å². The zero-order chi connectivity index (χ0) is 21.3. The fourth-order valence-corrected chi connectivity index (χ4v) is 4.20. The van der Waals surface area contributed by atoms with Crippen molar-refractivity contribution in [2.24, 2.45) is 5.92 Å². The molecule has 1 saturated heterocycles. The number of carbonyl (C=O) groups excluding carboxylic acids is 3. The van der Waals surface area contributed by atoms with Crippen LogP contribution in [-0.4, -0.2) is 45.0 Å². The minimum Gasteiger partial charge on any atom is -0.454 e. The molecule has 2 aliphatic rings. The summed E-state index contributed by atoms with van der Waals surface area (Å²) in [6.07, 6.45) is 3.36.